The molecule has 2 aromatic rings. The van der Waals surface area contributed by atoms with Gasteiger partial charge in [-0.05, 0) is 43.0 Å². The topological polar surface area (TPSA) is 62.0 Å². The quantitative estimate of drug-likeness (QED) is 0.885. The summed E-state index contributed by atoms with van der Waals surface area (Å²) in [6, 6.07) is 4.82. The number of ketones is 1. The number of carbonyl (C=O) groups is 2. The number of Topliss-reactive ketones (excluding diaryl/α,β-unsaturated/α-hetero) is 1. The highest BCUT2D eigenvalue weighted by molar-refractivity contribution is 6.04. The van der Waals surface area contributed by atoms with Crippen molar-refractivity contribution in [1.82, 2.24) is 10.3 Å². The first-order chi connectivity index (χ1) is 11.8. The highest BCUT2D eigenvalue weighted by Gasteiger charge is 2.30. The number of aromatic nitrogens is 1. The van der Waals surface area contributed by atoms with Crippen LogP contribution in [0.4, 0.5) is 13.2 Å². The number of aryl methyl sites for hydroxylation is 1. The third-order valence-electron chi connectivity index (χ3n) is 4.37. The molecule has 0 aliphatic heterocycles. The third-order valence-corrected chi connectivity index (χ3v) is 4.37. The fourth-order valence-corrected chi connectivity index (χ4v) is 3.13. The molecule has 0 radical (unpaired) electrons. The number of carbonyl (C=O) groups excluding carboxylic acids is 2. The van der Waals surface area contributed by atoms with Crippen molar-refractivity contribution in [3.63, 3.8) is 0 Å². The van der Waals surface area contributed by atoms with E-state index in [0.29, 0.717) is 35.2 Å². The highest BCUT2D eigenvalue weighted by Crippen LogP contribution is 2.29. The lowest BCUT2D eigenvalue weighted by atomic mass is 9.94. The zero-order valence-corrected chi connectivity index (χ0v) is 13.6. The average molecular weight is 350 g/mol. The molecule has 1 amide bonds. The fourth-order valence-electron chi connectivity index (χ4n) is 3.13. The number of H-pyrrole nitrogens is 1. The van der Waals surface area contributed by atoms with Gasteiger partial charge in [-0.2, -0.15) is 13.2 Å². The second kappa shape index (κ2) is 6.38. The van der Waals surface area contributed by atoms with Gasteiger partial charge in [-0.3, -0.25) is 9.59 Å². The van der Waals surface area contributed by atoms with Crippen LogP contribution < -0.4 is 5.32 Å². The van der Waals surface area contributed by atoms with Crippen LogP contribution in [0.25, 0.3) is 0 Å². The van der Waals surface area contributed by atoms with Crippen molar-refractivity contribution in [2.24, 2.45) is 0 Å². The molecule has 25 heavy (non-hydrogen) atoms. The Labute approximate surface area is 142 Å². The van der Waals surface area contributed by atoms with Gasteiger partial charge in [0.1, 0.15) is 5.69 Å². The van der Waals surface area contributed by atoms with Crippen LogP contribution in [-0.4, -0.2) is 16.7 Å². The summed E-state index contributed by atoms with van der Waals surface area (Å²) in [4.78, 5) is 27.4. The second-order valence-electron chi connectivity index (χ2n) is 6.14. The zero-order chi connectivity index (χ0) is 18.2. The Morgan fingerprint density at radius 1 is 1.28 bits per heavy atom. The lowest BCUT2D eigenvalue weighted by Crippen LogP contribution is -2.24. The van der Waals surface area contributed by atoms with Gasteiger partial charge in [-0.1, -0.05) is 12.1 Å². The minimum absolute atomic E-state index is 0.0203. The van der Waals surface area contributed by atoms with E-state index in [4.69, 9.17) is 0 Å². The Hall–Kier alpha value is -2.57. The van der Waals surface area contributed by atoms with E-state index in [1.54, 1.807) is 6.92 Å². The molecule has 0 fully saturated rings. The van der Waals surface area contributed by atoms with E-state index in [9.17, 15) is 22.8 Å². The maximum absolute atomic E-state index is 12.7. The molecule has 3 rings (SSSR count). The molecule has 4 nitrogen and oxygen atoms in total. The summed E-state index contributed by atoms with van der Waals surface area (Å²) >= 11 is 0. The van der Waals surface area contributed by atoms with Crippen molar-refractivity contribution in [3.8, 4) is 0 Å². The van der Waals surface area contributed by atoms with E-state index in [0.717, 1.165) is 24.2 Å². The van der Waals surface area contributed by atoms with Crippen LogP contribution in [0.1, 0.15) is 56.1 Å². The standard InChI is InChI=1S/C18H17F3N2O2/c1-10-15-13(6-3-7-14(15)24)23-16(10)17(25)22-9-11-4-2-5-12(8-11)18(19,20)21/h2,4-5,8,23H,3,6-7,9H2,1H3,(H,22,25). The minimum Gasteiger partial charge on any atom is -0.354 e. The molecule has 1 heterocycles. The molecular weight excluding hydrogens is 333 g/mol. The maximum atomic E-state index is 12.7. The molecule has 132 valence electrons. The van der Waals surface area contributed by atoms with Gasteiger partial charge in [-0.15, -0.1) is 0 Å². The van der Waals surface area contributed by atoms with Crippen LogP contribution in [-0.2, 0) is 19.1 Å². The monoisotopic (exact) mass is 350 g/mol. The average Bonchev–Trinajstić information content (AvgIpc) is 2.90. The second-order valence-corrected chi connectivity index (χ2v) is 6.14. The number of fused-ring (bicyclic) bond motifs is 1. The SMILES string of the molecule is Cc1c(C(=O)NCc2cccc(C(F)(F)F)c2)[nH]c2c1C(=O)CCC2. The first-order valence-electron chi connectivity index (χ1n) is 7.96. The van der Waals surface area contributed by atoms with Gasteiger partial charge in [0.2, 0.25) is 0 Å². The molecule has 2 N–H and O–H groups in total. The van der Waals surface area contributed by atoms with Crippen molar-refractivity contribution in [2.45, 2.75) is 38.9 Å². The third kappa shape index (κ3) is 3.45. The number of benzene rings is 1. The molecule has 0 unspecified atom stereocenters. The number of rotatable bonds is 3. The molecule has 0 atom stereocenters. The molecule has 0 saturated carbocycles. The van der Waals surface area contributed by atoms with E-state index in [1.807, 2.05) is 0 Å². The smallest absolute Gasteiger partial charge is 0.354 e. The Bertz CT molecular complexity index is 837. The van der Waals surface area contributed by atoms with E-state index in [2.05, 4.69) is 10.3 Å². The van der Waals surface area contributed by atoms with Gasteiger partial charge < -0.3 is 10.3 Å². The van der Waals surface area contributed by atoms with Crippen molar-refractivity contribution >= 4 is 11.7 Å². The Morgan fingerprint density at radius 2 is 2.04 bits per heavy atom. The molecule has 7 heteroatoms. The van der Waals surface area contributed by atoms with Gasteiger partial charge in [0.15, 0.2) is 5.78 Å². The first-order valence-corrected chi connectivity index (χ1v) is 7.96. The predicted octanol–water partition coefficient (Wildman–Crippen LogP) is 3.79. The van der Waals surface area contributed by atoms with Gasteiger partial charge in [-0.25, -0.2) is 0 Å². The van der Waals surface area contributed by atoms with E-state index < -0.39 is 17.6 Å². The summed E-state index contributed by atoms with van der Waals surface area (Å²) in [5.74, 6) is -0.413. The number of amides is 1. The molecule has 0 bridgehead atoms. The van der Waals surface area contributed by atoms with E-state index >= 15 is 0 Å². The molecule has 1 aliphatic carbocycles. The Kier molecular flexibility index (Phi) is 4.41. The predicted molar refractivity (Wildman–Crippen MR) is 85.4 cm³/mol. The van der Waals surface area contributed by atoms with Crippen molar-refractivity contribution < 1.29 is 22.8 Å². The summed E-state index contributed by atoms with van der Waals surface area (Å²) in [5, 5.41) is 2.61. The van der Waals surface area contributed by atoms with Crippen LogP contribution in [0.2, 0.25) is 0 Å². The summed E-state index contributed by atoms with van der Waals surface area (Å²) in [7, 11) is 0. The van der Waals surface area contributed by atoms with Crippen molar-refractivity contribution in [3.05, 3.63) is 57.9 Å². The van der Waals surface area contributed by atoms with Gasteiger partial charge in [0.05, 0.1) is 5.56 Å². The lowest BCUT2D eigenvalue weighted by molar-refractivity contribution is -0.137. The number of alkyl halides is 3. The van der Waals surface area contributed by atoms with Crippen LogP contribution in [0.5, 0.6) is 0 Å². The largest absolute Gasteiger partial charge is 0.416 e. The Morgan fingerprint density at radius 3 is 2.72 bits per heavy atom. The Balaban J connectivity index is 1.75. The van der Waals surface area contributed by atoms with Gasteiger partial charge in [0.25, 0.3) is 5.91 Å². The zero-order valence-electron chi connectivity index (χ0n) is 13.6. The van der Waals surface area contributed by atoms with Crippen molar-refractivity contribution in [1.29, 1.82) is 0 Å². The fraction of sp³-hybridized carbons (Fsp3) is 0.333. The van der Waals surface area contributed by atoms with E-state index in [-0.39, 0.29) is 12.3 Å². The summed E-state index contributed by atoms with van der Waals surface area (Å²) < 4.78 is 38.2. The molecule has 1 aliphatic rings. The number of hydrogen-bond donors (Lipinski definition) is 2. The molecule has 1 aromatic heterocycles. The molecule has 0 saturated heterocycles. The minimum atomic E-state index is -4.42. The number of nitrogens with one attached hydrogen (secondary N) is 2. The number of aromatic amines is 1. The van der Waals surface area contributed by atoms with Crippen LogP contribution >= 0.6 is 0 Å². The summed E-state index contributed by atoms with van der Waals surface area (Å²) in [5.41, 5.74) is 1.84. The summed E-state index contributed by atoms with van der Waals surface area (Å²) in [6.45, 7) is 1.68. The van der Waals surface area contributed by atoms with Gasteiger partial charge in [0, 0.05) is 24.2 Å². The van der Waals surface area contributed by atoms with Crippen LogP contribution in [0.15, 0.2) is 24.3 Å². The highest BCUT2D eigenvalue weighted by atomic mass is 19.4. The number of hydrogen-bond acceptors (Lipinski definition) is 2. The van der Waals surface area contributed by atoms with E-state index in [1.165, 1.54) is 12.1 Å². The number of halogens is 3. The normalized spacial score (nSPS) is 14.3. The van der Waals surface area contributed by atoms with Crippen LogP contribution in [0.3, 0.4) is 0 Å². The summed E-state index contributed by atoms with van der Waals surface area (Å²) in [6.07, 6.45) is -2.49. The van der Waals surface area contributed by atoms with Gasteiger partial charge >= 0.3 is 6.18 Å². The molecule has 1 aromatic carbocycles. The molecule has 0 spiro atoms. The van der Waals surface area contributed by atoms with Crippen molar-refractivity contribution in [2.75, 3.05) is 0 Å². The maximum Gasteiger partial charge on any atom is 0.416 e. The first kappa shape index (κ1) is 17.3. The van der Waals surface area contributed by atoms with Crippen LogP contribution in [0, 0.1) is 6.92 Å². The molecular formula is C18H17F3N2O2. The lowest BCUT2D eigenvalue weighted by Gasteiger charge is -2.10.